The lowest BCUT2D eigenvalue weighted by Gasteiger charge is -2.49. The van der Waals surface area contributed by atoms with E-state index in [1.54, 1.807) is 7.05 Å². The van der Waals surface area contributed by atoms with E-state index in [0.29, 0.717) is 13.1 Å². The van der Waals surface area contributed by atoms with E-state index in [1.165, 1.54) is 12.8 Å². The standard InChI is InChI=1S/C21H34N6O/c1-16(2)27-19(28)14-26(15-21(27,3)4)20(22-5)24-13-17-8-9-18(23-12-17)25-10-6-7-11-25/h8-9,12,16H,6-7,10-11,13-15H2,1-5H3,(H,22,24). The van der Waals surface area contributed by atoms with Crippen molar-refractivity contribution in [2.45, 2.75) is 58.7 Å². The van der Waals surface area contributed by atoms with Gasteiger partial charge in [-0.2, -0.15) is 0 Å². The van der Waals surface area contributed by atoms with Gasteiger partial charge in [-0.1, -0.05) is 6.07 Å². The van der Waals surface area contributed by atoms with Gasteiger partial charge in [0.15, 0.2) is 5.96 Å². The number of rotatable bonds is 4. The molecule has 0 unspecified atom stereocenters. The second-order valence-electron chi connectivity index (χ2n) is 8.65. The zero-order valence-electron chi connectivity index (χ0n) is 17.9. The van der Waals surface area contributed by atoms with Gasteiger partial charge in [-0.25, -0.2) is 4.98 Å². The maximum Gasteiger partial charge on any atom is 0.242 e. The van der Waals surface area contributed by atoms with Crippen LogP contribution in [0, 0.1) is 0 Å². The molecular weight excluding hydrogens is 352 g/mol. The topological polar surface area (TPSA) is 64.1 Å². The van der Waals surface area contributed by atoms with Gasteiger partial charge in [-0.05, 0) is 52.2 Å². The van der Waals surface area contributed by atoms with E-state index in [0.717, 1.165) is 37.0 Å². The Bertz CT molecular complexity index is 706. The normalized spacial score (nSPS) is 20.3. The number of aromatic nitrogens is 1. The Morgan fingerprint density at radius 1 is 1.29 bits per heavy atom. The number of anilines is 1. The van der Waals surface area contributed by atoms with Crippen molar-refractivity contribution < 1.29 is 4.79 Å². The van der Waals surface area contributed by atoms with Gasteiger partial charge in [0, 0.05) is 45.5 Å². The fourth-order valence-electron chi connectivity index (χ4n) is 4.48. The number of amides is 1. The zero-order valence-corrected chi connectivity index (χ0v) is 17.9. The minimum absolute atomic E-state index is 0.144. The molecule has 28 heavy (non-hydrogen) atoms. The summed E-state index contributed by atoms with van der Waals surface area (Å²) in [5, 5.41) is 3.40. The molecule has 1 aromatic rings. The van der Waals surface area contributed by atoms with Crippen LogP contribution in [0.1, 0.15) is 46.1 Å². The molecule has 0 atom stereocenters. The van der Waals surface area contributed by atoms with E-state index in [2.05, 4.69) is 60.0 Å². The van der Waals surface area contributed by atoms with E-state index in [9.17, 15) is 4.79 Å². The first-order chi connectivity index (χ1) is 13.3. The van der Waals surface area contributed by atoms with Gasteiger partial charge < -0.3 is 20.0 Å². The number of pyridine rings is 1. The smallest absolute Gasteiger partial charge is 0.242 e. The molecular formula is C21H34N6O. The van der Waals surface area contributed by atoms with E-state index < -0.39 is 0 Å². The van der Waals surface area contributed by atoms with Crippen LogP contribution in [0.2, 0.25) is 0 Å². The lowest BCUT2D eigenvalue weighted by molar-refractivity contribution is -0.145. The van der Waals surface area contributed by atoms with Crippen molar-refractivity contribution in [1.82, 2.24) is 20.1 Å². The minimum atomic E-state index is -0.236. The van der Waals surface area contributed by atoms with E-state index in [-0.39, 0.29) is 17.5 Å². The number of hydrogen-bond acceptors (Lipinski definition) is 4. The summed E-state index contributed by atoms with van der Waals surface area (Å²) in [4.78, 5) is 28.1. The molecule has 7 nitrogen and oxygen atoms in total. The molecule has 0 radical (unpaired) electrons. The van der Waals surface area contributed by atoms with Gasteiger partial charge in [0.25, 0.3) is 0 Å². The molecule has 0 spiro atoms. The summed E-state index contributed by atoms with van der Waals surface area (Å²) in [6.45, 7) is 12.3. The molecule has 2 saturated heterocycles. The van der Waals surface area contributed by atoms with Gasteiger partial charge in [0.2, 0.25) is 5.91 Å². The third-order valence-electron chi connectivity index (χ3n) is 5.54. The van der Waals surface area contributed by atoms with Crippen molar-refractivity contribution >= 4 is 17.7 Å². The monoisotopic (exact) mass is 386 g/mol. The van der Waals surface area contributed by atoms with Crippen LogP contribution in [0.3, 0.4) is 0 Å². The van der Waals surface area contributed by atoms with Gasteiger partial charge >= 0.3 is 0 Å². The Hall–Kier alpha value is -2.31. The van der Waals surface area contributed by atoms with Crippen molar-refractivity contribution in [2.75, 3.05) is 38.1 Å². The first-order valence-electron chi connectivity index (χ1n) is 10.3. The molecule has 1 aromatic heterocycles. The van der Waals surface area contributed by atoms with Crippen molar-refractivity contribution in [2.24, 2.45) is 4.99 Å². The van der Waals surface area contributed by atoms with Crippen LogP contribution in [-0.4, -0.2) is 71.5 Å². The molecule has 0 saturated carbocycles. The molecule has 154 valence electrons. The molecule has 1 N–H and O–H groups in total. The molecule has 1 amide bonds. The maximum atomic E-state index is 12.7. The number of piperazine rings is 1. The molecule has 0 aromatic carbocycles. The summed E-state index contributed by atoms with van der Waals surface area (Å²) >= 11 is 0. The van der Waals surface area contributed by atoms with Crippen LogP contribution in [0.5, 0.6) is 0 Å². The van der Waals surface area contributed by atoms with E-state index >= 15 is 0 Å². The Morgan fingerprint density at radius 3 is 2.54 bits per heavy atom. The highest BCUT2D eigenvalue weighted by atomic mass is 16.2. The van der Waals surface area contributed by atoms with Gasteiger partial charge in [-0.15, -0.1) is 0 Å². The minimum Gasteiger partial charge on any atom is -0.357 e. The highest BCUT2D eigenvalue weighted by Crippen LogP contribution is 2.24. The van der Waals surface area contributed by atoms with Crippen LogP contribution in [0.25, 0.3) is 0 Å². The molecule has 3 heterocycles. The first-order valence-corrected chi connectivity index (χ1v) is 10.3. The fourth-order valence-corrected chi connectivity index (χ4v) is 4.48. The molecule has 2 fully saturated rings. The van der Waals surface area contributed by atoms with Gasteiger partial charge in [0.05, 0.1) is 12.1 Å². The number of aliphatic imine (C=N–C) groups is 1. The molecule has 2 aliphatic rings. The van der Waals surface area contributed by atoms with Crippen LogP contribution >= 0.6 is 0 Å². The highest BCUT2D eigenvalue weighted by molar-refractivity contribution is 5.88. The summed E-state index contributed by atoms with van der Waals surface area (Å²) in [5.74, 6) is 1.96. The number of nitrogens with one attached hydrogen (secondary N) is 1. The second kappa shape index (κ2) is 8.37. The highest BCUT2D eigenvalue weighted by Gasteiger charge is 2.40. The van der Waals surface area contributed by atoms with Crippen LogP contribution in [0.15, 0.2) is 23.3 Å². The van der Waals surface area contributed by atoms with E-state index in [4.69, 9.17) is 0 Å². The average molecular weight is 387 g/mol. The first kappa shape index (κ1) is 20.4. The number of carbonyl (C=O) groups excluding carboxylic acids is 1. The number of guanidine groups is 1. The Balaban J connectivity index is 1.61. The van der Waals surface area contributed by atoms with Crippen molar-refractivity contribution in [1.29, 1.82) is 0 Å². The Labute approximate surface area is 168 Å². The molecule has 7 heteroatoms. The number of nitrogens with zero attached hydrogens (tertiary/aromatic N) is 5. The average Bonchev–Trinajstić information content (AvgIpc) is 3.15. The van der Waals surface area contributed by atoms with Crippen LogP contribution < -0.4 is 10.2 Å². The number of carbonyl (C=O) groups is 1. The van der Waals surface area contributed by atoms with Crippen molar-refractivity contribution in [3.05, 3.63) is 23.9 Å². The summed E-state index contributed by atoms with van der Waals surface area (Å²) in [5.41, 5.74) is 0.871. The molecule has 3 rings (SSSR count). The summed E-state index contributed by atoms with van der Waals surface area (Å²) in [7, 11) is 1.77. The van der Waals surface area contributed by atoms with Crippen LogP contribution in [-0.2, 0) is 11.3 Å². The molecule has 2 aliphatic heterocycles. The fraction of sp³-hybridized carbons (Fsp3) is 0.667. The van der Waals surface area contributed by atoms with Crippen molar-refractivity contribution in [3.63, 3.8) is 0 Å². The summed E-state index contributed by atoms with van der Waals surface area (Å²) in [6.07, 6.45) is 4.43. The molecule has 0 aliphatic carbocycles. The third kappa shape index (κ3) is 4.39. The van der Waals surface area contributed by atoms with Gasteiger partial charge in [-0.3, -0.25) is 9.79 Å². The predicted molar refractivity (Wildman–Crippen MR) is 114 cm³/mol. The van der Waals surface area contributed by atoms with Crippen molar-refractivity contribution in [3.8, 4) is 0 Å². The second-order valence-corrected chi connectivity index (χ2v) is 8.65. The van der Waals surface area contributed by atoms with Crippen LogP contribution in [0.4, 0.5) is 5.82 Å². The Kier molecular flexibility index (Phi) is 6.10. The summed E-state index contributed by atoms with van der Waals surface area (Å²) < 4.78 is 0. The number of hydrogen-bond donors (Lipinski definition) is 1. The SMILES string of the molecule is CN=C(NCc1ccc(N2CCCC2)nc1)N1CC(=O)N(C(C)C)C(C)(C)C1. The summed E-state index contributed by atoms with van der Waals surface area (Å²) in [6, 6.07) is 4.41. The zero-order chi connectivity index (χ0) is 20.3. The molecule has 0 bridgehead atoms. The Morgan fingerprint density at radius 2 is 2.00 bits per heavy atom. The maximum absolute atomic E-state index is 12.7. The van der Waals surface area contributed by atoms with E-state index in [1.807, 2.05) is 16.0 Å². The predicted octanol–water partition coefficient (Wildman–Crippen LogP) is 2.09. The lowest BCUT2D eigenvalue weighted by Crippen LogP contribution is -2.66. The lowest BCUT2D eigenvalue weighted by atomic mass is 9.96. The quantitative estimate of drug-likeness (QED) is 0.634. The largest absolute Gasteiger partial charge is 0.357 e. The van der Waals surface area contributed by atoms with Gasteiger partial charge in [0.1, 0.15) is 5.82 Å². The third-order valence-corrected chi connectivity index (χ3v) is 5.54.